The van der Waals surface area contributed by atoms with Gasteiger partial charge < -0.3 is 9.88 Å². The average Bonchev–Trinajstić information content (AvgIpc) is 2.65. The number of piperidine rings is 1. The normalized spacial score (nSPS) is 19.1. The van der Waals surface area contributed by atoms with Crippen molar-refractivity contribution in [2.75, 3.05) is 0 Å². The number of hydrogen-bond donors (Lipinski definition) is 2. The van der Waals surface area contributed by atoms with Crippen LogP contribution in [0.25, 0.3) is 0 Å². The minimum absolute atomic E-state index is 0.217. The summed E-state index contributed by atoms with van der Waals surface area (Å²) in [5.74, 6) is -0.490. The topological polar surface area (TPSA) is 86.9 Å². The van der Waals surface area contributed by atoms with Crippen LogP contribution in [-0.4, -0.2) is 22.4 Å². The van der Waals surface area contributed by atoms with E-state index in [0.717, 1.165) is 11.3 Å². The largest absolute Gasteiger partial charge is 0.340 e. The fraction of sp³-hybridized carbons (Fsp3) is 0.462. The van der Waals surface area contributed by atoms with E-state index in [2.05, 4.69) is 16.7 Å². The molecule has 6 nitrogen and oxygen atoms in total. The molecule has 0 radical (unpaired) electrons. The Balaban J connectivity index is 2.02. The highest BCUT2D eigenvalue weighted by molar-refractivity contribution is 6.00. The van der Waals surface area contributed by atoms with Crippen molar-refractivity contribution in [2.24, 2.45) is 7.05 Å². The average molecular weight is 260 g/mol. The summed E-state index contributed by atoms with van der Waals surface area (Å²) in [7, 11) is 1.84. The molecule has 1 atom stereocenters. The van der Waals surface area contributed by atoms with Crippen molar-refractivity contribution < 1.29 is 9.59 Å². The quantitative estimate of drug-likeness (QED) is 0.755. The van der Waals surface area contributed by atoms with Crippen molar-refractivity contribution in [3.05, 3.63) is 23.0 Å². The molecule has 1 aromatic rings. The van der Waals surface area contributed by atoms with Crippen LogP contribution in [0.5, 0.6) is 0 Å². The summed E-state index contributed by atoms with van der Waals surface area (Å²) in [6.07, 6.45) is 0.877. The second-order valence-electron chi connectivity index (χ2n) is 4.70. The molecule has 0 spiro atoms. The van der Waals surface area contributed by atoms with Gasteiger partial charge in [0, 0.05) is 25.7 Å². The SMILES string of the molecule is Cc1c(CNC2CCC(=O)NC2=O)cc(C#N)n1C. The molecule has 2 amide bonds. The van der Waals surface area contributed by atoms with Crippen LogP contribution in [0.4, 0.5) is 0 Å². The van der Waals surface area contributed by atoms with E-state index in [0.29, 0.717) is 25.1 Å². The van der Waals surface area contributed by atoms with Crippen LogP contribution in [0.2, 0.25) is 0 Å². The van der Waals surface area contributed by atoms with Crippen molar-refractivity contribution in [1.82, 2.24) is 15.2 Å². The maximum atomic E-state index is 11.6. The van der Waals surface area contributed by atoms with Gasteiger partial charge in [-0.25, -0.2) is 0 Å². The Labute approximate surface area is 111 Å². The molecular formula is C13H16N4O2. The molecule has 2 N–H and O–H groups in total. The van der Waals surface area contributed by atoms with E-state index in [1.165, 1.54) is 0 Å². The van der Waals surface area contributed by atoms with E-state index in [1.54, 1.807) is 0 Å². The molecule has 2 rings (SSSR count). The van der Waals surface area contributed by atoms with E-state index in [-0.39, 0.29) is 17.9 Å². The molecule has 0 saturated carbocycles. The maximum Gasteiger partial charge on any atom is 0.243 e. The van der Waals surface area contributed by atoms with Crippen LogP contribution >= 0.6 is 0 Å². The molecule has 1 unspecified atom stereocenters. The molecule has 1 aliphatic heterocycles. The third-order valence-corrected chi connectivity index (χ3v) is 3.53. The third-order valence-electron chi connectivity index (χ3n) is 3.53. The molecule has 6 heteroatoms. The molecule has 2 heterocycles. The fourth-order valence-corrected chi connectivity index (χ4v) is 2.17. The highest BCUT2D eigenvalue weighted by Gasteiger charge is 2.26. The van der Waals surface area contributed by atoms with Crippen LogP contribution in [0.15, 0.2) is 6.07 Å². The number of hydrogen-bond acceptors (Lipinski definition) is 4. The lowest BCUT2D eigenvalue weighted by Crippen LogP contribution is -2.50. The number of nitriles is 1. The number of amides is 2. The van der Waals surface area contributed by atoms with Gasteiger partial charge in [0.2, 0.25) is 11.8 Å². The smallest absolute Gasteiger partial charge is 0.243 e. The summed E-state index contributed by atoms with van der Waals surface area (Å²) in [6, 6.07) is 3.59. The van der Waals surface area contributed by atoms with Gasteiger partial charge >= 0.3 is 0 Å². The van der Waals surface area contributed by atoms with E-state index < -0.39 is 0 Å². The number of aromatic nitrogens is 1. The van der Waals surface area contributed by atoms with Crippen LogP contribution < -0.4 is 10.6 Å². The zero-order valence-corrected chi connectivity index (χ0v) is 11.0. The van der Waals surface area contributed by atoms with Crippen LogP contribution in [0, 0.1) is 18.3 Å². The standard InChI is InChI=1S/C13H16N4O2/c1-8-9(5-10(6-14)17(8)2)7-15-11-3-4-12(18)16-13(11)19/h5,11,15H,3-4,7H2,1-2H3,(H,16,18,19). The van der Waals surface area contributed by atoms with Crippen molar-refractivity contribution >= 4 is 11.8 Å². The van der Waals surface area contributed by atoms with Gasteiger partial charge in [-0.1, -0.05) is 0 Å². The molecule has 19 heavy (non-hydrogen) atoms. The van der Waals surface area contributed by atoms with Gasteiger partial charge in [0.15, 0.2) is 0 Å². The maximum absolute atomic E-state index is 11.6. The zero-order valence-electron chi connectivity index (χ0n) is 11.0. The second kappa shape index (κ2) is 5.24. The van der Waals surface area contributed by atoms with Crippen molar-refractivity contribution in [2.45, 2.75) is 32.4 Å². The molecule has 0 aromatic carbocycles. The molecule has 100 valence electrons. The number of carbonyl (C=O) groups excluding carboxylic acids is 2. The number of nitrogens with zero attached hydrogens (tertiary/aromatic N) is 2. The van der Waals surface area contributed by atoms with E-state index >= 15 is 0 Å². The van der Waals surface area contributed by atoms with E-state index in [1.807, 2.05) is 24.6 Å². The summed E-state index contributed by atoms with van der Waals surface area (Å²) < 4.78 is 1.82. The highest BCUT2D eigenvalue weighted by Crippen LogP contribution is 2.14. The van der Waals surface area contributed by atoms with Gasteiger partial charge in [-0.2, -0.15) is 5.26 Å². The van der Waals surface area contributed by atoms with Gasteiger partial charge in [0.05, 0.1) is 6.04 Å². The Morgan fingerprint density at radius 1 is 1.58 bits per heavy atom. The summed E-state index contributed by atoms with van der Waals surface area (Å²) >= 11 is 0. The first-order valence-electron chi connectivity index (χ1n) is 6.15. The Hall–Kier alpha value is -2.13. The number of carbonyl (C=O) groups is 2. The number of imide groups is 1. The molecule has 1 fully saturated rings. The summed E-state index contributed by atoms with van der Waals surface area (Å²) in [5, 5.41) is 14.4. The van der Waals surface area contributed by atoms with E-state index in [4.69, 9.17) is 5.26 Å². The van der Waals surface area contributed by atoms with Crippen molar-refractivity contribution in [3.8, 4) is 6.07 Å². The minimum Gasteiger partial charge on any atom is -0.340 e. The minimum atomic E-state index is -0.345. The Morgan fingerprint density at radius 3 is 2.89 bits per heavy atom. The Kier molecular flexibility index (Phi) is 3.67. The molecular weight excluding hydrogens is 244 g/mol. The van der Waals surface area contributed by atoms with Gasteiger partial charge in [0.1, 0.15) is 11.8 Å². The molecule has 1 saturated heterocycles. The van der Waals surface area contributed by atoms with Crippen LogP contribution in [0.1, 0.15) is 29.8 Å². The summed E-state index contributed by atoms with van der Waals surface area (Å²) in [5.41, 5.74) is 2.58. The first-order valence-corrected chi connectivity index (χ1v) is 6.15. The second-order valence-corrected chi connectivity index (χ2v) is 4.70. The first kappa shape index (κ1) is 13.3. The van der Waals surface area contributed by atoms with Crippen molar-refractivity contribution in [3.63, 3.8) is 0 Å². The highest BCUT2D eigenvalue weighted by atomic mass is 16.2. The predicted molar refractivity (Wildman–Crippen MR) is 67.9 cm³/mol. The van der Waals surface area contributed by atoms with Gasteiger partial charge in [-0.3, -0.25) is 14.9 Å². The fourth-order valence-electron chi connectivity index (χ4n) is 2.17. The van der Waals surface area contributed by atoms with Gasteiger partial charge in [-0.05, 0) is 25.0 Å². The number of rotatable bonds is 3. The van der Waals surface area contributed by atoms with Crippen molar-refractivity contribution in [1.29, 1.82) is 5.26 Å². The first-order chi connectivity index (χ1) is 9.02. The monoisotopic (exact) mass is 260 g/mol. The number of nitrogens with one attached hydrogen (secondary N) is 2. The van der Waals surface area contributed by atoms with Crippen LogP contribution in [0.3, 0.4) is 0 Å². The molecule has 1 aromatic heterocycles. The van der Waals surface area contributed by atoms with E-state index in [9.17, 15) is 9.59 Å². The van der Waals surface area contributed by atoms with Gasteiger partial charge in [0.25, 0.3) is 0 Å². The lowest BCUT2D eigenvalue weighted by molar-refractivity contribution is -0.134. The van der Waals surface area contributed by atoms with Crippen LogP contribution in [-0.2, 0) is 23.2 Å². The molecule has 0 bridgehead atoms. The lowest BCUT2D eigenvalue weighted by Gasteiger charge is -2.21. The van der Waals surface area contributed by atoms with Gasteiger partial charge in [-0.15, -0.1) is 0 Å². The Bertz CT molecular complexity index is 568. The third kappa shape index (κ3) is 2.66. The summed E-state index contributed by atoms with van der Waals surface area (Å²) in [4.78, 5) is 22.6. The Morgan fingerprint density at radius 2 is 2.32 bits per heavy atom. The predicted octanol–water partition coefficient (Wildman–Crippen LogP) is 0.1000. The zero-order chi connectivity index (χ0) is 14.0. The lowest BCUT2D eigenvalue weighted by atomic mass is 10.1. The molecule has 1 aliphatic rings. The summed E-state index contributed by atoms with van der Waals surface area (Å²) in [6.45, 7) is 2.44. The molecule has 0 aliphatic carbocycles.